The Labute approximate surface area is 625 Å². The van der Waals surface area contributed by atoms with Gasteiger partial charge in [-0.15, -0.1) is 0 Å². The van der Waals surface area contributed by atoms with Gasteiger partial charge in [0.15, 0.2) is 0 Å². The van der Waals surface area contributed by atoms with Gasteiger partial charge in [0.2, 0.25) is 29.5 Å². The summed E-state index contributed by atoms with van der Waals surface area (Å²) in [6.45, 7) is 20.1. The Hall–Kier alpha value is -7.09. The van der Waals surface area contributed by atoms with Gasteiger partial charge in [0.05, 0.1) is 110 Å². The zero-order valence-electron chi connectivity index (χ0n) is 62.6. The smallest absolute Gasteiger partial charge is 0.410 e. The predicted octanol–water partition coefficient (Wildman–Crippen LogP) is 0.0201. The topological polar surface area (TPSA) is 368 Å². The molecule has 592 valence electrons. The van der Waals surface area contributed by atoms with Crippen LogP contribution in [0.2, 0.25) is 0 Å². The van der Waals surface area contributed by atoms with E-state index in [1.165, 1.54) is 19.1 Å². The van der Waals surface area contributed by atoms with E-state index in [1.807, 2.05) is 32.9 Å². The van der Waals surface area contributed by atoms with E-state index in [1.54, 1.807) is 35.5 Å². The summed E-state index contributed by atoms with van der Waals surface area (Å²) in [5.74, 6) is -10.8. The molecule has 0 aromatic heterocycles. The molecule has 0 radical (unpaired) electrons. The maximum Gasteiger partial charge on any atom is 0.410 e. The molecule has 15 saturated heterocycles. The SMILES string of the molecule is CC(C)(C)OC(=O)N1CCN(C(=O)C2C(C(=O)[O-])[C@H]3CC[C@@H]2O3)CC1.CCN1CCN(C(=O)C2C(C(=O)[O-])[C@H]3CC[C@@H]2O3)CC1.COC(=O)C1C(C(=O)N2CCCCC2)[C@@H]2CC[C@H]1O2.O=C(O)C1C(C(=O)N2CCN(Cc3ccccc3)CC2)[C@@H]2CC[C@H]1O2.O=C([O-])C1C(C(=O)N2CCCCC2)[C@@H]2CC[C@H]1O2. The second-order valence-corrected chi connectivity index (χ2v) is 32.4. The first-order valence-corrected chi connectivity index (χ1v) is 39.4. The normalized spacial score (nSPS) is 35.1. The highest BCUT2D eigenvalue weighted by atomic mass is 16.6. The third-order valence-corrected chi connectivity index (χ3v) is 25.0. The van der Waals surface area contributed by atoms with Crippen LogP contribution >= 0.6 is 0 Å². The molecule has 0 aliphatic carbocycles. The summed E-state index contributed by atoms with van der Waals surface area (Å²) in [5.41, 5.74) is 0.710. The van der Waals surface area contributed by atoms with Crippen LogP contribution in [0.4, 0.5) is 4.79 Å². The Kier molecular flexibility index (Phi) is 25.9. The van der Waals surface area contributed by atoms with Gasteiger partial charge in [-0.05, 0) is 136 Å². The van der Waals surface area contributed by atoms with Crippen molar-refractivity contribution in [3.05, 3.63) is 35.9 Å². The summed E-state index contributed by atoms with van der Waals surface area (Å²) in [6.07, 6.45) is 11.4. The lowest BCUT2D eigenvalue weighted by atomic mass is 9.78. The Balaban J connectivity index is 0.000000126. The second kappa shape index (κ2) is 34.9. The van der Waals surface area contributed by atoms with Crippen molar-refractivity contribution >= 4 is 65.5 Å². The van der Waals surface area contributed by atoms with Crippen molar-refractivity contribution in [3.63, 3.8) is 0 Å². The number of rotatable bonds is 13. The maximum atomic E-state index is 12.9. The van der Waals surface area contributed by atoms with E-state index < -0.39 is 94.9 Å². The van der Waals surface area contributed by atoms with E-state index in [4.69, 9.17) is 33.2 Å². The molecule has 0 spiro atoms. The number of likely N-dealkylation sites (N-methyl/N-ethyl adjacent to an activating group) is 1. The van der Waals surface area contributed by atoms with Gasteiger partial charge in [-0.2, -0.15) is 0 Å². The number of carboxylic acid groups (broad SMARTS) is 4. The maximum absolute atomic E-state index is 12.9. The molecule has 20 atom stereocenters. The molecule has 0 saturated carbocycles. The lowest BCUT2D eigenvalue weighted by molar-refractivity contribution is -0.315. The van der Waals surface area contributed by atoms with Crippen LogP contribution in [0.3, 0.4) is 0 Å². The largest absolute Gasteiger partial charge is 0.550 e. The Bertz CT molecular complexity index is 3340. The van der Waals surface area contributed by atoms with Gasteiger partial charge in [-0.25, -0.2) is 4.79 Å². The number of piperidine rings is 2. The number of carbonyl (C=O) groups excluding carboxylic acids is 10. The number of methoxy groups -OCH3 is 1. The zero-order valence-corrected chi connectivity index (χ0v) is 62.6. The number of esters is 1. The molecule has 15 fully saturated rings. The lowest BCUT2D eigenvalue weighted by Gasteiger charge is -2.38. The molecule has 6 amide bonds. The minimum Gasteiger partial charge on any atom is -0.550 e. The number of carboxylic acids is 4. The number of fused-ring (bicyclic) bond motifs is 10. The van der Waals surface area contributed by atoms with Crippen LogP contribution in [0.15, 0.2) is 30.3 Å². The molecule has 10 unspecified atom stereocenters. The number of ether oxygens (including phenoxy) is 7. The number of hydrogen-bond donors (Lipinski definition) is 1. The number of piperazine rings is 3. The van der Waals surface area contributed by atoms with Crippen LogP contribution in [-0.2, 0) is 87.6 Å². The first kappa shape index (κ1) is 79.5. The molecule has 107 heavy (non-hydrogen) atoms. The van der Waals surface area contributed by atoms with Crippen molar-refractivity contribution in [1.82, 2.24) is 39.2 Å². The molecule has 1 aromatic rings. The number of hydrogen-bond acceptors (Lipinski definition) is 23. The molecule has 1 N–H and O–H groups in total. The van der Waals surface area contributed by atoms with E-state index in [0.717, 1.165) is 149 Å². The van der Waals surface area contributed by atoms with Crippen LogP contribution in [0.25, 0.3) is 0 Å². The molecule has 30 nitrogen and oxygen atoms in total. The summed E-state index contributed by atoms with van der Waals surface area (Å²) in [6, 6.07) is 10.3. The molecule has 15 aliphatic rings. The van der Waals surface area contributed by atoms with Crippen molar-refractivity contribution in [2.45, 2.75) is 204 Å². The minimum absolute atomic E-state index is 0.0287. The number of likely N-dealkylation sites (tertiary alicyclic amines) is 2. The van der Waals surface area contributed by atoms with Gasteiger partial charge < -0.3 is 102 Å². The highest BCUT2D eigenvalue weighted by Gasteiger charge is 2.60. The quantitative estimate of drug-likeness (QED) is 0.254. The van der Waals surface area contributed by atoms with Gasteiger partial charge in [-0.3, -0.25) is 38.5 Å². The Morgan fingerprint density at radius 2 is 0.664 bits per heavy atom. The van der Waals surface area contributed by atoms with Crippen LogP contribution in [-0.4, -0.2) is 295 Å². The van der Waals surface area contributed by atoms with E-state index in [-0.39, 0.29) is 96.4 Å². The minimum atomic E-state index is -1.21. The van der Waals surface area contributed by atoms with Crippen LogP contribution in [0, 0.1) is 59.2 Å². The van der Waals surface area contributed by atoms with Crippen molar-refractivity contribution in [2.75, 3.05) is 118 Å². The summed E-state index contributed by atoms with van der Waals surface area (Å²) in [4.78, 5) is 148. The fourth-order valence-corrected chi connectivity index (χ4v) is 19.6. The number of carbonyl (C=O) groups is 11. The van der Waals surface area contributed by atoms with Crippen molar-refractivity contribution in [2.24, 2.45) is 59.2 Å². The summed E-state index contributed by atoms with van der Waals surface area (Å²) >= 11 is 0. The number of nitrogens with zero attached hydrogens (tertiary/aromatic N) is 8. The van der Waals surface area contributed by atoms with Gasteiger partial charge in [0.25, 0.3) is 0 Å². The molecule has 30 heteroatoms. The summed E-state index contributed by atoms with van der Waals surface area (Å²) in [5, 5.41) is 43.5. The zero-order chi connectivity index (χ0) is 76.1. The van der Waals surface area contributed by atoms with E-state index in [0.29, 0.717) is 65.2 Å². The predicted molar refractivity (Wildman–Crippen MR) is 371 cm³/mol. The lowest BCUT2D eigenvalue weighted by Crippen LogP contribution is -2.55. The number of amides is 6. The third kappa shape index (κ3) is 17.7. The fraction of sp³-hybridized carbons (Fsp3) is 0.779. The fourth-order valence-electron chi connectivity index (χ4n) is 19.6. The second-order valence-electron chi connectivity index (χ2n) is 32.4. The number of benzene rings is 1. The van der Waals surface area contributed by atoms with E-state index in [9.17, 15) is 73.2 Å². The molecule has 15 heterocycles. The Morgan fingerprint density at radius 1 is 0.383 bits per heavy atom. The van der Waals surface area contributed by atoms with Crippen LogP contribution in [0.1, 0.15) is 136 Å². The standard InChI is InChI=1S/C19H24N2O4.C17H26N2O6.C14H22N2O4.C14H21NO4.C13H19NO4/c22-18(16-14-6-7-15(25-14)17(16)19(23)24)21-10-8-20(9-11-21)12-13-4-2-1-3-5-13;1-17(2,3)25-16(23)19-8-6-18(7-9-19)14(20)12-10-4-5-11(24-10)13(12)15(21)22;1-2-15-5-7-16(8-6-15)13(17)11-9-3-4-10(20-9)12(11)14(18)19;1-18-14(17)12-10-6-5-9(19-10)11(12)13(16)15-7-3-2-4-8-15;15-12(14-6-2-1-3-7-14)10-8-4-5-9(18-8)11(10)13(16)17/h1-5,14-17H,6-12H2,(H,23,24);10-13H,4-9H2,1-3H3,(H,21,22);9-12H,2-8H2,1H3,(H,18,19);9-12H,2-8H2,1H3;8-11H,1-7H2,(H,16,17)/p-3/t14-,15+,16?,17?;10-,11+,12?,13?;2*9-,10+,11?,12?;8-,9+,10?,11?/m00000/s1. The molecule has 1 aromatic carbocycles. The highest BCUT2D eigenvalue weighted by Crippen LogP contribution is 2.49. The summed E-state index contributed by atoms with van der Waals surface area (Å²) < 4.78 is 38.6. The van der Waals surface area contributed by atoms with E-state index in [2.05, 4.69) is 28.9 Å². The average molecular weight is 1500 g/mol. The highest BCUT2D eigenvalue weighted by molar-refractivity contribution is 5.90. The monoisotopic (exact) mass is 1500 g/mol. The van der Waals surface area contributed by atoms with Crippen LogP contribution < -0.4 is 15.3 Å². The summed E-state index contributed by atoms with van der Waals surface area (Å²) in [7, 11) is 1.39. The van der Waals surface area contributed by atoms with E-state index >= 15 is 0 Å². The molecular weight excluding hydrogens is 1390 g/mol. The van der Waals surface area contributed by atoms with Crippen LogP contribution in [0.5, 0.6) is 0 Å². The number of aliphatic carboxylic acids is 4. The first-order chi connectivity index (χ1) is 51.3. The first-order valence-electron chi connectivity index (χ1n) is 39.4. The van der Waals surface area contributed by atoms with Gasteiger partial charge in [0, 0.05) is 147 Å². The molecular formula is C77H109N8O22-3. The van der Waals surface area contributed by atoms with Crippen molar-refractivity contribution in [1.29, 1.82) is 0 Å². The molecule has 15 aliphatic heterocycles. The van der Waals surface area contributed by atoms with Gasteiger partial charge >= 0.3 is 18.0 Å². The Morgan fingerprint density at radius 3 is 0.981 bits per heavy atom. The van der Waals surface area contributed by atoms with Crippen molar-refractivity contribution < 1.29 is 106 Å². The van der Waals surface area contributed by atoms with Crippen molar-refractivity contribution in [3.8, 4) is 0 Å². The molecule has 16 rings (SSSR count). The average Bonchev–Trinajstić information content (AvgIpc) is 1.65. The molecule has 10 bridgehead atoms. The third-order valence-electron chi connectivity index (χ3n) is 25.0. The van der Waals surface area contributed by atoms with Gasteiger partial charge in [0.1, 0.15) is 5.60 Å². The van der Waals surface area contributed by atoms with Gasteiger partial charge in [-0.1, -0.05) is 37.3 Å².